The summed E-state index contributed by atoms with van der Waals surface area (Å²) in [6.45, 7) is 1.71. The van der Waals surface area contributed by atoms with E-state index >= 15 is 0 Å². The summed E-state index contributed by atoms with van der Waals surface area (Å²) >= 11 is 0. The minimum atomic E-state index is -1.18. The van der Waals surface area contributed by atoms with Gasteiger partial charge in [0.25, 0.3) is 11.6 Å². The van der Waals surface area contributed by atoms with Gasteiger partial charge in [0.1, 0.15) is 11.4 Å². The summed E-state index contributed by atoms with van der Waals surface area (Å²) in [6.07, 6.45) is 0.365. The Morgan fingerprint density at radius 2 is 2.33 bits per heavy atom. The first-order chi connectivity index (χ1) is 9.82. The van der Waals surface area contributed by atoms with E-state index < -0.39 is 27.8 Å². The fraction of sp³-hybridized carbons (Fsp3) is 0.462. The SMILES string of the molecule is Cc1cc([N+](=O)[O-])cc(C(=O)NCC2(O)CCOC2)c1F. The summed E-state index contributed by atoms with van der Waals surface area (Å²) in [5.41, 5.74) is -1.94. The van der Waals surface area contributed by atoms with E-state index in [9.17, 15) is 24.4 Å². The van der Waals surface area contributed by atoms with Gasteiger partial charge in [0.05, 0.1) is 17.1 Å². The molecule has 1 heterocycles. The lowest BCUT2D eigenvalue weighted by molar-refractivity contribution is -0.385. The van der Waals surface area contributed by atoms with Crippen molar-refractivity contribution in [1.29, 1.82) is 0 Å². The highest BCUT2D eigenvalue weighted by Gasteiger charge is 2.33. The van der Waals surface area contributed by atoms with Crippen molar-refractivity contribution < 1.29 is 24.0 Å². The van der Waals surface area contributed by atoms with Gasteiger partial charge in [-0.3, -0.25) is 14.9 Å². The molecule has 0 aromatic heterocycles. The summed E-state index contributed by atoms with van der Waals surface area (Å²) < 4.78 is 18.9. The van der Waals surface area contributed by atoms with Gasteiger partial charge in [-0.2, -0.15) is 0 Å². The number of non-ortho nitro benzene ring substituents is 1. The van der Waals surface area contributed by atoms with Gasteiger partial charge in [-0.05, 0) is 12.5 Å². The molecule has 0 saturated carbocycles. The number of halogens is 1. The van der Waals surface area contributed by atoms with Crippen molar-refractivity contribution in [3.63, 3.8) is 0 Å². The molecule has 0 bridgehead atoms. The highest BCUT2D eigenvalue weighted by molar-refractivity contribution is 5.95. The average Bonchev–Trinajstić information content (AvgIpc) is 2.86. The molecule has 1 fully saturated rings. The molecule has 1 atom stereocenters. The number of aliphatic hydroxyl groups is 1. The molecule has 1 aliphatic heterocycles. The van der Waals surface area contributed by atoms with Gasteiger partial charge in [0.2, 0.25) is 0 Å². The number of carbonyl (C=O) groups excluding carboxylic acids is 1. The van der Waals surface area contributed by atoms with Crippen molar-refractivity contribution in [3.05, 3.63) is 39.2 Å². The lowest BCUT2D eigenvalue weighted by Gasteiger charge is -2.20. The van der Waals surface area contributed by atoms with Gasteiger partial charge in [-0.15, -0.1) is 0 Å². The summed E-state index contributed by atoms with van der Waals surface area (Å²) in [4.78, 5) is 22.0. The van der Waals surface area contributed by atoms with Crippen LogP contribution in [0.5, 0.6) is 0 Å². The van der Waals surface area contributed by atoms with Crippen molar-refractivity contribution in [1.82, 2.24) is 5.32 Å². The van der Waals surface area contributed by atoms with E-state index in [-0.39, 0.29) is 24.4 Å². The van der Waals surface area contributed by atoms with Crippen LogP contribution < -0.4 is 5.32 Å². The molecular weight excluding hydrogens is 283 g/mol. The van der Waals surface area contributed by atoms with E-state index in [1.54, 1.807) is 0 Å². The van der Waals surface area contributed by atoms with Crippen molar-refractivity contribution in [2.75, 3.05) is 19.8 Å². The Hall–Kier alpha value is -2.06. The number of rotatable bonds is 4. The lowest BCUT2D eigenvalue weighted by Crippen LogP contribution is -2.43. The van der Waals surface area contributed by atoms with Crippen LogP contribution in [0, 0.1) is 22.9 Å². The number of hydrogen-bond donors (Lipinski definition) is 2. The molecule has 0 radical (unpaired) electrons. The van der Waals surface area contributed by atoms with Crippen molar-refractivity contribution in [2.24, 2.45) is 0 Å². The molecule has 2 N–H and O–H groups in total. The molecule has 0 aliphatic carbocycles. The lowest BCUT2D eigenvalue weighted by atomic mass is 10.0. The number of nitro groups is 1. The van der Waals surface area contributed by atoms with Crippen LogP contribution in [-0.4, -0.2) is 41.3 Å². The molecule has 8 heteroatoms. The molecule has 1 saturated heterocycles. The zero-order valence-corrected chi connectivity index (χ0v) is 11.4. The van der Waals surface area contributed by atoms with Crippen LogP contribution >= 0.6 is 0 Å². The average molecular weight is 298 g/mol. The molecule has 1 aromatic rings. The molecular formula is C13H15FN2O5. The maximum atomic E-state index is 13.9. The van der Waals surface area contributed by atoms with Crippen LogP contribution in [0.2, 0.25) is 0 Å². The molecule has 2 rings (SSSR count). The van der Waals surface area contributed by atoms with E-state index in [1.807, 2.05) is 0 Å². The minimum Gasteiger partial charge on any atom is -0.386 e. The highest BCUT2D eigenvalue weighted by Crippen LogP contribution is 2.22. The third kappa shape index (κ3) is 3.34. The molecule has 1 aliphatic rings. The van der Waals surface area contributed by atoms with Crippen molar-refractivity contribution in [3.8, 4) is 0 Å². The molecule has 1 amide bonds. The summed E-state index contributed by atoms with van der Waals surface area (Å²) in [7, 11) is 0. The van der Waals surface area contributed by atoms with Crippen LogP contribution in [-0.2, 0) is 4.74 Å². The summed E-state index contributed by atoms with van der Waals surface area (Å²) in [5, 5.41) is 23.1. The minimum absolute atomic E-state index is 0.0114. The fourth-order valence-electron chi connectivity index (χ4n) is 2.10. The van der Waals surface area contributed by atoms with Gasteiger partial charge in [-0.1, -0.05) is 0 Å². The number of nitrogens with zero attached hydrogens (tertiary/aromatic N) is 1. The van der Waals surface area contributed by atoms with Crippen molar-refractivity contribution in [2.45, 2.75) is 18.9 Å². The molecule has 1 unspecified atom stereocenters. The summed E-state index contributed by atoms with van der Waals surface area (Å²) in [6, 6.07) is 1.94. The van der Waals surface area contributed by atoms with Crippen molar-refractivity contribution >= 4 is 11.6 Å². The normalized spacial score (nSPS) is 21.3. The molecule has 114 valence electrons. The van der Waals surface area contributed by atoms with Crippen LogP contribution in [0.25, 0.3) is 0 Å². The Morgan fingerprint density at radius 3 is 2.90 bits per heavy atom. The first kappa shape index (κ1) is 15.3. The van der Waals surface area contributed by atoms with E-state index in [4.69, 9.17) is 4.74 Å². The smallest absolute Gasteiger partial charge is 0.270 e. The zero-order chi connectivity index (χ0) is 15.6. The number of carbonyl (C=O) groups is 1. The number of ether oxygens (including phenoxy) is 1. The third-order valence-electron chi connectivity index (χ3n) is 3.36. The maximum absolute atomic E-state index is 13.9. The summed E-state index contributed by atoms with van der Waals surface area (Å²) in [5.74, 6) is -1.62. The van der Waals surface area contributed by atoms with Gasteiger partial charge < -0.3 is 15.2 Å². The van der Waals surface area contributed by atoms with E-state index in [1.165, 1.54) is 6.92 Å². The zero-order valence-electron chi connectivity index (χ0n) is 11.4. The first-order valence-corrected chi connectivity index (χ1v) is 6.35. The topological polar surface area (TPSA) is 102 Å². The number of hydrogen-bond acceptors (Lipinski definition) is 5. The second kappa shape index (κ2) is 5.74. The predicted molar refractivity (Wildman–Crippen MR) is 70.5 cm³/mol. The van der Waals surface area contributed by atoms with E-state index in [2.05, 4.69) is 5.32 Å². The molecule has 21 heavy (non-hydrogen) atoms. The number of nitro benzene ring substituents is 1. The Kier molecular flexibility index (Phi) is 4.19. The maximum Gasteiger partial charge on any atom is 0.270 e. The molecule has 1 aromatic carbocycles. The Morgan fingerprint density at radius 1 is 1.62 bits per heavy atom. The monoisotopic (exact) mass is 298 g/mol. The van der Waals surface area contributed by atoms with Gasteiger partial charge in [0, 0.05) is 31.7 Å². The standard InChI is InChI=1S/C13H15FN2O5/c1-8-4-9(16(19)20)5-10(11(8)14)12(17)15-6-13(18)2-3-21-7-13/h4-5,18H,2-3,6-7H2,1H3,(H,15,17). The Bertz CT molecular complexity index is 584. The van der Waals surface area contributed by atoms with E-state index in [0.29, 0.717) is 13.0 Å². The van der Waals surface area contributed by atoms with Gasteiger partial charge >= 0.3 is 0 Å². The highest BCUT2D eigenvalue weighted by atomic mass is 19.1. The second-order valence-electron chi connectivity index (χ2n) is 5.09. The number of benzene rings is 1. The van der Waals surface area contributed by atoms with Crippen LogP contribution in [0.3, 0.4) is 0 Å². The Labute approximate surface area is 119 Å². The van der Waals surface area contributed by atoms with Crippen LogP contribution in [0.4, 0.5) is 10.1 Å². The Balaban J connectivity index is 2.16. The number of nitrogens with one attached hydrogen (secondary N) is 1. The second-order valence-corrected chi connectivity index (χ2v) is 5.09. The van der Waals surface area contributed by atoms with Gasteiger partial charge in [-0.25, -0.2) is 4.39 Å². The largest absolute Gasteiger partial charge is 0.386 e. The molecule has 7 nitrogen and oxygen atoms in total. The van der Waals surface area contributed by atoms with Crippen LogP contribution in [0.1, 0.15) is 22.3 Å². The molecule has 0 spiro atoms. The fourth-order valence-corrected chi connectivity index (χ4v) is 2.10. The number of aryl methyl sites for hydroxylation is 1. The number of amides is 1. The quantitative estimate of drug-likeness (QED) is 0.636. The first-order valence-electron chi connectivity index (χ1n) is 6.35. The van der Waals surface area contributed by atoms with E-state index in [0.717, 1.165) is 12.1 Å². The third-order valence-corrected chi connectivity index (χ3v) is 3.36. The van der Waals surface area contributed by atoms with Gasteiger partial charge in [0.15, 0.2) is 0 Å². The van der Waals surface area contributed by atoms with Crippen LogP contribution in [0.15, 0.2) is 12.1 Å². The predicted octanol–water partition coefficient (Wildman–Crippen LogP) is 0.924.